The van der Waals surface area contributed by atoms with Gasteiger partial charge >= 0.3 is 0 Å². The monoisotopic (exact) mass is 342 g/mol. The molecule has 5 heteroatoms. The van der Waals surface area contributed by atoms with Crippen LogP contribution in [0.25, 0.3) is 6.08 Å². The quantitative estimate of drug-likeness (QED) is 0.821. The van der Waals surface area contributed by atoms with Gasteiger partial charge in [-0.15, -0.1) is 11.3 Å². The van der Waals surface area contributed by atoms with Crippen molar-refractivity contribution in [3.05, 3.63) is 64.4 Å². The van der Waals surface area contributed by atoms with E-state index in [4.69, 9.17) is 4.74 Å². The average Bonchev–Trinajstić information content (AvgIpc) is 3.13. The maximum Gasteiger partial charge on any atom is 0.244 e. The van der Waals surface area contributed by atoms with Gasteiger partial charge in [-0.1, -0.05) is 36.4 Å². The molecule has 0 spiro atoms. The molecular weight excluding hydrogens is 320 g/mol. The van der Waals surface area contributed by atoms with Crippen molar-refractivity contribution in [3.8, 4) is 0 Å². The lowest BCUT2D eigenvalue weighted by Crippen LogP contribution is -2.46. The van der Waals surface area contributed by atoms with E-state index in [0.29, 0.717) is 13.2 Å². The number of benzene rings is 1. The summed E-state index contributed by atoms with van der Waals surface area (Å²) in [5.74, 6) is -0.0767. The molecule has 1 fully saturated rings. The molecule has 1 unspecified atom stereocenters. The van der Waals surface area contributed by atoms with Gasteiger partial charge in [0.25, 0.3) is 0 Å². The van der Waals surface area contributed by atoms with Crippen molar-refractivity contribution in [1.29, 1.82) is 0 Å². The molecule has 1 N–H and O–H groups in total. The fourth-order valence-electron chi connectivity index (χ4n) is 2.71. The number of nitrogens with one attached hydrogen (secondary N) is 1. The van der Waals surface area contributed by atoms with Crippen LogP contribution in [0.5, 0.6) is 0 Å². The molecule has 126 valence electrons. The van der Waals surface area contributed by atoms with Crippen LogP contribution >= 0.6 is 11.3 Å². The van der Waals surface area contributed by atoms with Gasteiger partial charge in [-0.3, -0.25) is 9.69 Å². The minimum Gasteiger partial charge on any atom is -0.374 e. The van der Waals surface area contributed by atoms with Gasteiger partial charge in [-0.05, 0) is 23.1 Å². The number of hydrogen-bond acceptors (Lipinski definition) is 4. The summed E-state index contributed by atoms with van der Waals surface area (Å²) < 4.78 is 5.77. The van der Waals surface area contributed by atoms with Crippen molar-refractivity contribution >= 4 is 23.3 Å². The van der Waals surface area contributed by atoms with Crippen molar-refractivity contribution in [2.45, 2.75) is 12.6 Å². The Hall–Kier alpha value is -1.95. The molecular formula is C19H22N2O2S. The van der Waals surface area contributed by atoms with E-state index in [2.05, 4.69) is 34.5 Å². The van der Waals surface area contributed by atoms with E-state index in [1.54, 1.807) is 17.4 Å². The topological polar surface area (TPSA) is 41.6 Å². The Kier molecular flexibility index (Phi) is 6.18. The van der Waals surface area contributed by atoms with Crippen LogP contribution in [0.2, 0.25) is 0 Å². The van der Waals surface area contributed by atoms with Crippen LogP contribution in [0.1, 0.15) is 10.4 Å². The molecule has 0 aliphatic carbocycles. The van der Waals surface area contributed by atoms with Crippen LogP contribution in [0.15, 0.2) is 53.9 Å². The van der Waals surface area contributed by atoms with Gasteiger partial charge in [0.05, 0.1) is 12.7 Å². The maximum atomic E-state index is 11.9. The normalized spacial score (nSPS) is 18.8. The summed E-state index contributed by atoms with van der Waals surface area (Å²) in [4.78, 5) is 15.3. The molecule has 3 rings (SSSR count). The van der Waals surface area contributed by atoms with Crippen molar-refractivity contribution in [2.24, 2.45) is 0 Å². The number of rotatable bonds is 6. The Morgan fingerprint density at radius 3 is 2.96 bits per heavy atom. The van der Waals surface area contributed by atoms with Crippen LogP contribution in [0.3, 0.4) is 0 Å². The van der Waals surface area contributed by atoms with Gasteiger partial charge in [-0.25, -0.2) is 0 Å². The molecule has 1 aliphatic rings. The summed E-state index contributed by atoms with van der Waals surface area (Å²) in [5.41, 5.74) is 1.31. The second-order valence-corrected chi connectivity index (χ2v) is 6.79. The van der Waals surface area contributed by atoms with E-state index in [-0.39, 0.29) is 12.0 Å². The second kappa shape index (κ2) is 8.78. The number of hydrogen-bond donors (Lipinski definition) is 1. The van der Waals surface area contributed by atoms with Crippen molar-refractivity contribution < 1.29 is 9.53 Å². The largest absolute Gasteiger partial charge is 0.374 e. The molecule has 1 amide bonds. The average molecular weight is 342 g/mol. The van der Waals surface area contributed by atoms with E-state index >= 15 is 0 Å². The van der Waals surface area contributed by atoms with Gasteiger partial charge in [0, 0.05) is 37.1 Å². The number of thiophene rings is 1. The first-order chi connectivity index (χ1) is 11.8. The zero-order valence-electron chi connectivity index (χ0n) is 13.6. The standard InChI is InChI=1S/C19H22N2O2S/c22-19(9-8-18-7-4-12-24-18)20-13-17-15-21(10-11-23-17)14-16-5-2-1-3-6-16/h1-9,12,17H,10-11,13-15H2,(H,20,22)/b9-8+. The SMILES string of the molecule is O=C(/C=C/c1cccs1)NCC1CN(Cc2ccccc2)CCO1. The Bertz CT molecular complexity index is 655. The second-order valence-electron chi connectivity index (χ2n) is 5.81. The highest BCUT2D eigenvalue weighted by atomic mass is 32.1. The summed E-state index contributed by atoms with van der Waals surface area (Å²) in [7, 11) is 0. The third-order valence-electron chi connectivity index (χ3n) is 3.92. The molecule has 2 aromatic rings. The number of amides is 1. The van der Waals surface area contributed by atoms with Gasteiger partial charge in [0.1, 0.15) is 0 Å². The Balaban J connectivity index is 1.43. The molecule has 0 saturated carbocycles. The number of nitrogens with zero attached hydrogens (tertiary/aromatic N) is 1. The summed E-state index contributed by atoms with van der Waals surface area (Å²) in [6, 6.07) is 14.4. The molecule has 1 aromatic carbocycles. The van der Waals surface area contributed by atoms with Crippen molar-refractivity contribution in [1.82, 2.24) is 10.2 Å². The maximum absolute atomic E-state index is 11.9. The van der Waals surface area contributed by atoms with E-state index in [1.165, 1.54) is 5.56 Å². The summed E-state index contributed by atoms with van der Waals surface area (Å²) in [6.45, 7) is 3.94. The fourth-order valence-corrected chi connectivity index (χ4v) is 3.32. The molecule has 24 heavy (non-hydrogen) atoms. The third-order valence-corrected chi connectivity index (χ3v) is 4.76. The van der Waals surface area contributed by atoms with Crippen LogP contribution in [-0.4, -0.2) is 43.2 Å². The third kappa shape index (κ3) is 5.30. The van der Waals surface area contributed by atoms with E-state index in [1.807, 2.05) is 29.7 Å². The predicted molar refractivity (Wildman–Crippen MR) is 97.8 cm³/mol. The van der Waals surface area contributed by atoms with E-state index in [9.17, 15) is 4.79 Å². The molecule has 1 aromatic heterocycles. The Morgan fingerprint density at radius 2 is 2.17 bits per heavy atom. The summed E-state index contributed by atoms with van der Waals surface area (Å²) >= 11 is 1.61. The number of morpholine rings is 1. The van der Waals surface area contributed by atoms with E-state index in [0.717, 1.165) is 24.5 Å². The van der Waals surface area contributed by atoms with Crippen LogP contribution in [0, 0.1) is 0 Å². The van der Waals surface area contributed by atoms with Crippen molar-refractivity contribution in [2.75, 3.05) is 26.2 Å². The van der Waals surface area contributed by atoms with Gasteiger partial charge in [0.2, 0.25) is 5.91 Å². The van der Waals surface area contributed by atoms with Gasteiger partial charge in [-0.2, -0.15) is 0 Å². The minimum absolute atomic E-state index is 0.0431. The summed E-state index contributed by atoms with van der Waals surface area (Å²) in [5, 5.41) is 4.92. The highest BCUT2D eigenvalue weighted by Crippen LogP contribution is 2.11. The van der Waals surface area contributed by atoms with Crippen molar-refractivity contribution in [3.63, 3.8) is 0 Å². The molecule has 0 radical (unpaired) electrons. The van der Waals surface area contributed by atoms with Crippen LogP contribution in [-0.2, 0) is 16.1 Å². The first-order valence-corrected chi connectivity index (χ1v) is 9.05. The fraction of sp³-hybridized carbons (Fsp3) is 0.316. The minimum atomic E-state index is -0.0767. The smallest absolute Gasteiger partial charge is 0.244 e. The molecule has 4 nitrogen and oxygen atoms in total. The van der Waals surface area contributed by atoms with Gasteiger partial charge < -0.3 is 10.1 Å². The highest BCUT2D eigenvalue weighted by molar-refractivity contribution is 7.10. The Labute approximate surface area is 146 Å². The molecule has 2 heterocycles. The van der Waals surface area contributed by atoms with E-state index < -0.39 is 0 Å². The first kappa shape index (κ1) is 16.9. The molecule has 0 bridgehead atoms. The highest BCUT2D eigenvalue weighted by Gasteiger charge is 2.20. The number of carbonyl (C=O) groups excluding carboxylic acids is 1. The molecule has 1 saturated heterocycles. The van der Waals surface area contributed by atoms with Gasteiger partial charge in [0.15, 0.2) is 0 Å². The lowest BCUT2D eigenvalue weighted by atomic mass is 10.2. The van der Waals surface area contributed by atoms with Crippen LogP contribution in [0.4, 0.5) is 0 Å². The Morgan fingerprint density at radius 1 is 1.29 bits per heavy atom. The predicted octanol–water partition coefficient (Wildman–Crippen LogP) is 2.78. The summed E-state index contributed by atoms with van der Waals surface area (Å²) in [6.07, 6.45) is 3.46. The van der Waals surface area contributed by atoms with Crippen LogP contribution < -0.4 is 5.32 Å². The molecule has 1 aliphatic heterocycles. The lowest BCUT2D eigenvalue weighted by molar-refractivity contribution is -0.117. The lowest BCUT2D eigenvalue weighted by Gasteiger charge is -2.33. The molecule has 1 atom stereocenters. The first-order valence-electron chi connectivity index (χ1n) is 8.17. The number of ether oxygens (including phenoxy) is 1. The zero-order valence-corrected chi connectivity index (χ0v) is 14.4. The number of carbonyl (C=O) groups is 1. The zero-order chi connectivity index (χ0) is 16.6.